The van der Waals surface area contributed by atoms with Crippen molar-refractivity contribution in [1.29, 1.82) is 0 Å². The van der Waals surface area contributed by atoms with E-state index in [1.807, 2.05) is 48.7 Å². The first-order valence-electron chi connectivity index (χ1n) is 8.16. The Balaban J connectivity index is 1.94. The van der Waals surface area contributed by atoms with Crippen molar-refractivity contribution in [1.82, 2.24) is 4.90 Å². The molecule has 4 nitrogen and oxygen atoms in total. The number of methoxy groups -OCH3 is 1. The van der Waals surface area contributed by atoms with Gasteiger partial charge in [0.1, 0.15) is 0 Å². The van der Waals surface area contributed by atoms with Crippen LogP contribution in [-0.4, -0.2) is 30.4 Å². The maximum atomic E-state index is 13.2. The topological polar surface area (TPSA) is 46.6 Å². The second kappa shape index (κ2) is 7.18. The van der Waals surface area contributed by atoms with Crippen LogP contribution >= 0.6 is 11.3 Å². The van der Waals surface area contributed by atoms with Crippen molar-refractivity contribution in [2.45, 2.75) is 31.7 Å². The summed E-state index contributed by atoms with van der Waals surface area (Å²) < 4.78 is 4.99. The highest BCUT2D eigenvalue weighted by Gasteiger charge is 2.39. The number of amides is 1. The average molecular weight is 343 g/mol. The fraction of sp³-hybridized carbons (Fsp3) is 0.368. The van der Waals surface area contributed by atoms with Crippen LogP contribution in [0.4, 0.5) is 0 Å². The lowest BCUT2D eigenvalue weighted by atomic mass is 9.92. The van der Waals surface area contributed by atoms with E-state index in [1.54, 1.807) is 16.2 Å². The number of carbonyl (C=O) groups is 2. The molecule has 0 bridgehead atoms. The minimum atomic E-state index is -0.629. The van der Waals surface area contributed by atoms with Gasteiger partial charge in [0.2, 0.25) is 5.91 Å². The van der Waals surface area contributed by atoms with Gasteiger partial charge in [0, 0.05) is 11.4 Å². The molecule has 2 heterocycles. The molecule has 0 aliphatic carbocycles. The number of fused-ring (bicyclic) bond motifs is 1. The molecule has 1 aromatic carbocycles. The third-order valence-corrected chi connectivity index (χ3v) is 5.58. The summed E-state index contributed by atoms with van der Waals surface area (Å²) in [7, 11) is 1.38. The van der Waals surface area contributed by atoms with Crippen LogP contribution in [0.3, 0.4) is 0 Å². The first-order valence-corrected chi connectivity index (χ1v) is 9.04. The lowest BCUT2D eigenvalue weighted by Gasteiger charge is -2.36. The van der Waals surface area contributed by atoms with Crippen molar-refractivity contribution in [3.05, 3.63) is 57.8 Å². The van der Waals surface area contributed by atoms with Crippen LogP contribution in [0.5, 0.6) is 0 Å². The molecule has 2 aromatic rings. The van der Waals surface area contributed by atoms with E-state index in [4.69, 9.17) is 4.74 Å². The van der Waals surface area contributed by atoms with Gasteiger partial charge in [-0.25, -0.2) is 4.79 Å². The number of nitrogens with zero attached hydrogens (tertiary/aromatic N) is 1. The Bertz CT molecular complexity index is 725. The molecule has 0 saturated heterocycles. The monoisotopic (exact) mass is 343 g/mol. The van der Waals surface area contributed by atoms with Crippen LogP contribution in [0.2, 0.25) is 0 Å². The fourth-order valence-electron chi connectivity index (χ4n) is 3.36. The molecule has 1 amide bonds. The van der Waals surface area contributed by atoms with Gasteiger partial charge in [-0.3, -0.25) is 4.79 Å². The van der Waals surface area contributed by atoms with Gasteiger partial charge in [0.05, 0.1) is 13.0 Å². The Hall–Kier alpha value is -2.14. The molecule has 3 rings (SSSR count). The molecule has 2 atom stereocenters. The van der Waals surface area contributed by atoms with Gasteiger partial charge in [-0.2, -0.15) is 0 Å². The van der Waals surface area contributed by atoms with Crippen LogP contribution in [0.25, 0.3) is 0 Å². The van der Waals surface area contributed by atoms with Gasteiger partial charge in [0.25, 0.3) is 0 Å². The summed E-state index contributed by atoms with van der Waals surface area (Å²) in [6.45, 7) is 2.55. The van der Waals surface area contributed by atoms with Gasteiger partial charge in [0.15, 0.2) is 6.04 Å². The molecule has 2 unspecified atom stereocenters. The number of benzene rings is 1. The average Bonchev–Trinajstić information content (AvgIpc) is 3.10. The van der Waals surface area contributed by atoms with E-state index in [9.17, 15) is 9.59 Å². The van der Waals surface area contributed by atoms with Crippen LogP contribution in [0, 0.1) is 0 Å². The van der Waals surface area contributed by atoms with Crippen molar-refractivity contribution in [3.8, 4) is 0 Å². The molecule has 0 radical (unpaired) electrons. The Kier molecular flexibility index (Phi) is 5.00. The molecule has 1 aliphatic rings. The van der Waals surface area contributed by atoms with Crippen LogP contribution in [0.1, 0.15) is 41.3 Å². The second-order valence-corrected chi connectivity index (χ2v) is 6.88. The highest BCUT2D eigenvalue weighted by atomic mass is 32.1. The molecular formula is C19H21NO3S. The lowest BCUT2D eigenvalue weighted by Crippen LogP contribution is -2.45. The van der Waals surface area contributed by atoms with Gasteiger partial charge < -0.3 is 9.64 Å². The summed E-state index contributed by atoms with van der Waals surface area (Å²) in [5.41, 5.74) is 1.90. The Morgan fingerprint density at radius 3 is 2.71 bits per heavy atom. The number of ether oxygens (including phenoxy) is 1. The summed E-state index contributed by atoms with van der Waals surface area (Å²) in [6.07, 6.45) is 1.49. The van der Waals surface area contributed by atoms with Crippen LogP contribution in [0.15, 0.2) is 41.8 Å². The number of thiophene rings is 1. The normalized spacial score (nSPS) is 17.9. The van der Waals surface area contributed by atoms with Gasteiger partial charge in [-0.15, -0.1) is 11.3 Å². The van der Waals surface area contributed by atoms with E-state index < -0.39 is 6.04 Å². The minimum Gasteiger partial charge on any atom is -0.467 e. The molecule has 0 saturated carbocycles. The molecule has 1 aliphatic heterocycles. The fourth-order valence-corrected chi connectivity index (χ4v) is 4.26. The summed E-state index contributed by atoms with van der Waals surface area (Å²) in [5, 5.41) is 1.98. The second-order valence-electron chi connectivity index (χ2n) is 5.88. The first kappa shape index (κ1) is 16.7. The maximum Gasteiger partial charge on any atom is 0.333 e. The van der Waals surface area contributed by atoms with Crippen molar-refractivity contribution >= 4 is 23.2 Å². The van der Waals surface area contributed by atoms with Crippen molar-refractivity contribution in [3.63, 3.8) is 0 Å². The van der Waals surface area contributed by atoms with Gasteiger partial charge >= 0.3 is 5.97 Å². The molecule has 0 fully saturated rings. The Morgan fingerprint density at radius 2 is 2.04 bits per heavy atom. The van der Waals surface area contributed by atoms with Crippen molar-refractivity contribution in [2.75, 3.05) is 13.7 Å². The van der Waals surface area contributed by atoms with Gasteiger partial charge in [-0.05, 0) is 35.4 Å². The van der Waals surface area contributed by atoms with E-state index in [2.05, 4.69) is 0 Å². The highest BCUT2D eigenvalue weighted by Crippen LogP contribution is 2.36. The van der Waals surface area contributed by atoms with Crippen LogP contribution in [-0.2, 0) is 20.7 Å². The molecule has 24 heavy (non-hydrogen) atoms. The zero-order chi connectivity index (χ0) is 17.1. The van der Waals surface area contributed by atoms with E-state index in [-0.39, 0.29) is 17.8 Å². The van der Waals surface area contributed by atoms with E-state index >= 15 is 0 Å². The quantitative estimate of drug-likeness (QED) is 0.798. The zero-order valence-corrected chi connectivity index (χ0v) is 14.7. The zero-order valence-electron chi connectivity index (χ0n) is 13.9. The van der Waals surface area contributed by atoms with Crippen molar-refractivity contribution < 1.29 is 14.3 Å². The highest BCUT2D eigenvalue weighted by molar-refractivity contribution is 7.10. The summed E-state index contributed by atoms with van der Waals surface area (Å²) in [5.74, 6) is -0.611. The predicted molar refractivity (Wildman–Crippen MR) is 94.0 cm³/mol. The minimum absolute atomic E-state index is 0.00375. The van der Waals surface area contributed by atoms with E-state index in [0.29, 0.717) is 13.0 Å². The molecule has 5 heteroatoms. The summed E-state index contributed by atoms with van der Waals surface area (Å²) in [6, 6.07) is 11.1. The summed E-state index contributed by atoms with van der Waals surface area (Å²) in [4.78, 5) is 28.5. The Morgan fingerprint density at radius 1 is 1.29 bits per heavy atom. The standard InChI is InChI=1S/C19H21NO3S/c1-3-14(13-7-5-4-6-8-13)18(21)20-11-9-16-15(10-12-24-16)17(20)19(22)23-2/h4-8,10,12,14,17H,3,9,11H2,1-2H3. The molecular weight excluding hydrogens is 322 g/mol. The predicted octanol–water partition coefficient (Wildman–Crippen LogP) is 3.54. The van der Waals surface area contributed by atoms with E-state index in [0.717, 1.165) is 17.5 Å². The third kappa shape index (κ3) is 2.96. The molecule has 0 spiro atoms. The number of carbonyl (C=O) groups excluding carboxylic acids is 2. The van der Waals surface area contributed by atoms with Gasteiger partial charge in [-0.1, -0.05) is 37.3 Å². The Labute approximate surface area is 146 Å². The van der Waals surface area contributed by atoms with E-state index in [1.165, 1.54) is 12.0 Å². The smallest absolute Gasteiger partial charge is 0.333 e. The number of rotatable bonds is 4. The number of hydrogen-bond acceptors (Lipinski definition) is 4. The lowest BCUT2D eigenvalue weighted by molar-refractivity contribution is -0.154. The number of esters is 1. The summed E-state index contributed by atoms with van der Waals surface area (Å²) >= 11 is 1.64. The molecule has 0 N–H and O–H groups in total. The largest absolute Gasteiger partial charge is 0.467 e. The molecule has 126 valence electrons. The maximum absolute atomic E-state index is 13.2. The van der Waals surface area contributed by atoms with Crippen molar-refractivity contribution in [2.24, 2.45) is 0 Å². The van der Waals surface area contributed by atoms with Crippen LogP contribution < -0.4 is 0 Å². The first-order chi connectivity index (χ1) is 11.7. The SMILES string of the molecule is CCC(C(=O)N1CCc2sccc2C1C(=O)OC)c1ccccc1. The molecule has 1 aromatic heterocycles. The third-order valence-electron chi connectivity index (χ3n) is 4.58. The number of hydrogen-bond donors (Lipinski definition) is 0.